The van der Waals surface area contributed by atoms with Crippen LogP contribution in [0.4, 0.5) is 10.8 Å². The molecule has 1 aliphatic heterocycles. The topological polar surface area (TPSA) is 151 Å². The number of methoxy groups -OCH3 is 1. The smallest absolute Gasteiger partial charge is 0.337 e. The molecule has 13 heteroatoms. The van der Waals surface area contributed by atoms with Crippen LogP contribution in [0.15, 0.2) is 75.5 Å². The Balaban J connectivity index is 1.46. The highest BCUT2D eigenvalue weighted by molar-refractivity contribution is 8.01. The quantitative estimate of drug-likeness (QED) is 0.246. The zero-order chi connectivity index (χ0) is 30.9. The fourth-order valence-electron chi connectivity index (χ4n) is 5.20. The second-order valence-corrected chi connectivity index (χ2v) is 13.4. The maximum absolute atomic E-state index is 13.7. The lowest BCUT2D eigenvalue weighted by Gasteiger charge is -2.42. The fraction of sp³-hybridized carbons (Fsp3) is 0.267. The highest BCUT2D eigenvalue weighted by atomic mass is 35.5. The molecule has 10 nitrogen and oxygen atoms in total. The van der Waals surface area contributed by atoms with Crippen molar-refractivity contribution in [2.45, 2.75) is 36.9 Å². The number of nitrogens with zero attached hydrogens (tertiary/aromatic N) is 4. The number of allylic oxidation sites excluding steroid dienone is 3. The second kappa shape index (κ2) is 12.2. The number of esters is 1. The molecule has 1 aliphatic carbocycles. The van der Waals surface area contributed by atoms with Crippen molar-refractivity contribution in [2.24, 2.45) is 11.1 Å². The first kappa shape index (κ1) is 30.3. The van der Waals surface area contributed by atoms with Crippen LogP contribution in [-0.2, 0) is 14.3 Å². The van der Waals surface area contributed by atoms with Crippen LogP contribution in [0.25, 0.3) is 0 Å². The Morgan fingerprint density at radius 2 is 1.88 bits per heavy atom. The Kier molecular flexibility index (Phi) is 8.59. The van der Waals surface area contributed by atoms with Gasteiger partial charge in [-0.05, 0) is 53.8 Å². The lowest BCUT2D eigenvalue weighted by Crippen LogP contribution is -2.42. The number of nitrogens with two attached hydrogens (primary N) is 1. The van der Waals surface area contributed by atoms with Gasteiger partial charge >= 0.3 is 5.97 Å². The molecule has 0 bridgehead atoms. The Morgan fingerprint density at radius 3 is 2.53 bits per heavy atom. The first-order chi connectivity index (χ1) is 20.5. The van der Waals surface area contributed by atoms with Gasteiger partial charge in [0, 0.05) is 28.4 Å². The average molecular weight is 635 g/mol. The zero-order valence-corrected chi connectivity index (χ0v) is 25.9. The van der Waals surface area contributed by atoms with Crippen molar-refractivity contribution in [1.82, 2.24) is 10.2 Å². The summed E-state index contributed by atoms with van der Waals surface area (Å²) in [4.78, 5) is 39.9. The molecule has 0 spiro atoms. The molecule has 1 atom stereocenters. The Hall–Kier alpha value is -4.18. The summed E-state index contributed by atoms with van der Waals surface area (Å²) in [5.41, 5.74) is 9.29. The molecule has 1 amide bonds. The van der Waals surface area contributed by atoms with Crippen LogP contribution in [0.5, 0.6) is 0 Å². The minimum atomic E-state index is -0.704. The highest BCUT2D eigenvalue weighted by Gasteiger charge is 2.45. The summed E-state index contributed by atoms with van der Waals surface area (Å²) in [6.45, 7) is 4.01. The summed E-state index contributed by atoms with van der Waals surface area (Å²) in [6.07, 6.45) is 0.810. The normalized spacial score (nSPS) is 17.8. The van der Waals surface area contributed by atoms with Gasteiger partial charge in [0.1, 0.15) is 5.82 Å². The largest absolute Gasteiger partial charge is 0.465 e. The number of nitrogens with one attached hydrogen (secondary N) is 1. The van der Waals surface area contributed by atoms with E-state index in [-0.39, 0.29) is 34.3 Å². The van der Waals surface area contributed by atoms with Crippen molar-refractivity contribution in [3.8, 4) is 6.07 Å². The molecule has 1 aromatic heterocycles. The van der Waals surface area contributed by atoms with E-state index < -0.39 is 11.9 Å². The lowest BCUT2D eigenvalue weighted by molar-refractivity contribution is -0.118. The molecule has 3 aromatic rings. The number of halogens is 1. The first-order valence-electron chi connectivity index (χ1n) is 13.2. The van der Waals surface area contributed by atoms with Gasteiger partial charge < -0.3 is 15.8 Å². The van der Waals surface area contributed by atoms with Crippen LogP contribution in [0.2, 0.25) is 5.02 Å². The van der Waals surface area contributed by atoms with Crippen LogP contribution in [0.1, 0.15) is 48.5 Å². The third kappa shape index (κ3) is 6.29. The molecule has 1 unspecified atom stereocenters. The number of carbonyl (C=O) groups is 3. The molecule has 3 N–H and O–H groups in total. The maximum atomic E-state index is 13.7. The fourth-order valence-corrected chi connectivity index (χ4v) is 7.01. The molecular formula is C30H27ClN6O4S2. The van der Waals surface area contributed by atoms with E-state index in [1.54, 1.807) is 53.4 Å². The third-order valence-corrected chi connectivity index (χ3v) is 9.38. The average Bonchev–Trinajstić information content (AvgIpc) is 3.44. The number of thioether (sulfide) groups is 1. The second-order valence-electron chi connectivity index (χ2n) is 10.8. The van der Waals surface area contributed by atoms with Gasteiger partial charge in [0.2, 0.25) is 11.0 Å². The molecule has 5 rings (SSSR count). The number of ketones is 1. The van der Waals surface area contributed by atoms with Crippen molar-refractivity contribution in [1.29, 1.82) is 5.26 Å². The van der Waals surface area contributed by atoms with Crippen molar-refractivity contribution >= 4 is 63.2 Å². The summed E-state index contributed by atoms with van der Waals surface area (Å²) in [5.74, 6) is -1.25. The number of aromatic nitrogens is 2. The molecule has 0 saturated heterocycles. The number of amides is 1. The number of hydrogen-bond acceptors (Lipinski definition) is 11. The zero-order valence-electron chi connectivity index (χ0n) is 23.5. The summed E-state index contributed by atoms with van der Waals surface area (Å²) in [7, 11) is 1.30. The van der Waals surface area contributed by atoms with Gasteiger partial charge in [-0.1, -0.05) is 60.7 Å². The van der Waals surface area contributed by atoms with E-state index in [0.29, 0.717) is 55.4 Å². The van der Waals surface area contributed by atoms with Crippen LogP contribution in [-0.4, -0.2) is 40.7 Å². The standard InChI is InChI=1S/C30H27ClN6O4S2/c1-30(2)12-21-25(22(38)13-30)24(16-4-6-17(7-5-16)27(40)41-3)20(14-32)26(33)37(21)28-35-36-29(43-28)42-15-23(39)34-19-10-8-18(31)9-11-19/h4-11,24H,12-13,15,33H2,1-3H3,(H,34,39). The minimum Gasteiger partial charge on any atom is -0.465 e. The summed E-state index contributed by atoms with van der Waals surface area (Å²) in [5, 5.41) is 22.7. The number of ether oxygens (including phenoxy) is 1. The number of nitriles is 1. The van der Waals surface area contributed by atoms with Gasteiger partial charge in [-0.3, -0.25) is 14.5 Å². The molecule has 2 heterocycles. The number of hydrogen-bond donors (Lipinski definition) is 2. The molecule has 0 radical (unpaired) electrons. The van der Waals surface area contributed by atoms with E-state index in [2.05, 4.69) is 21.6 Å². The highest BCUT2D eigenvalue weighted by Crippen LogP contribution is 2.50. The molecule has 0 fully saturated rings. The van der Waals surface area contributed by atoms with Crippen LogP contribution >= 0.6 is 34.7 Å². The number of rotatable bonds is 7. The number of anilines is 2. The van der Waals surface area contributed by atoms with Gasteiger partial charge in [0.15, 0.2) is 10.1 Å². The molecule has 2 aliphatic rings. The van der Waals surface area contributed by atoms with Gasteiger partial charge in [-0.2, -0.15) is 5.26 Å². The Morgan fingerprint density at radius 1 is 1.19 bits per heavy atom. The monoisotopic (exact) mass is 634 g/mol. The van der Waals surface area contributed by atoms with Crippen LogP contribution < -0.4 is 16.0 Å². The van der Waals surface area contributed by atoms with E-state index in [1.165, 1.54) is 30.2 Å². The van der Waals surface area contributed by atoms with Crippen molar-refractivity contribution < 1.29 is 19.1 Å². The summed E-state index contributed by atoms with van der Waals surface area (Å²) >= 11 is 8.34. The summed E-state index contributed by atoms with van der Waals surface area (Å²) in [6, 6.07) is 15.7. The van der Waals surface area contributed by atoms with Crippen LogP contribution in [0.3, 0.4) is 0 Å². The van der Waals surface area contributed by atoms with Crippen LogP contribution in [0, 0.1) is 16.7 Å². The van der Waals surface area contributed by atoms with Crippen molar-refractivity contribution in [2.75, 3.05) is 23.1 Å². The molecule has 43 heavy (non-hydrogen) atoms. The van der Waals surface area contributed by atoms with Gasteiger partial charge in [0.25, 0.3) is 0 Å². The van der Waals surface area contributed by atoms with E-state index >= 15 is 0 Å². The molecule has 2 aromatic carbocycles. The van der Waals surface area contributed by atoms with Crippen molar-refractivity contribution in [3.05, 3.63) is 87.3 Å². The predicted octanol–water partition coefficient (Wildman–Crippen LogP) is 5.65. The van der Waals surface area contributed by atoms with E-state index in [0.717, 1.165) is 0 Å². The number of carbonyl (C=O) groups excluding carboxylic acids is 3. The molecule has 220 valence electrons. The van der Waals surface area contributed by atoms with Gasteiger partial charge in [-0.25, -0.2) is 4.79 Å². The van der Waals surface area contributed by atoms with E-state index in [4.69, 9.17) is 22.1 Å². The van der Waals surface area contributed by atoms with Gasteiger partial charge in [-0.15, -0.1) is 10.2 Å². The SMILES string of the molecule is COC(=O)c1ccc(C2C(C#N)=C(N)N(c3nnc(SCC(=O)Nc4ccc(Cl)cc4)s3)C3=C2C(=O)CC(C)(C)C3)cc1. The molecule has 0 saturated carbocycles. The lowest BCUT2D eigenvalue weighted by atomic mass is 9.68. The van der Waals surface area contributed by atoms with E-state index in [1.807, 2.05) is 13.8 Å². The number of Topliss-reactive ketones (excluding diaryl/α,β-unsaturated/α-hetero) is 1. The minimum absolute atomic E-state index is 0.0865. The Bertz CT molecular complexity index is 1710. The third-order valence-electron chi connectivity index (χ3n) is 7.09. The predicted molar refractivity (Wildman–Crippen MR) is 166 cm³/mol. The summed E-state index contributed by atoms with van der Waals surface area (Å²) < 4.78 is 5.33. The maximum Gasteiger partial charge on any atom is 0.337 e. The molecular weight excluding hydrogens is 608 g/mol. The van der Waals surface area contributed by atoms with Crippen molar-refractivity contribution in [3.63, 3.8) is 0 Å². The van der Waals surface area contributed by atoms with E-state index in [9.17, 15) is 19.6 Å². The Labute approximate surface area is 261 Å². The van der Waals surface area contributed by atoms with Gasteiger partial charge in [0.05, 0.1) is 36.0 Å². The number of benzene rings is 2. The first-order valence-corrected chi connectivity index (χ1v) is 15.4.